The van der Waals surface area contributed by atoms with Crippen LogP contribution in [-0.2, 0) is 4.74 Å². The Labute approximate surface area is 86.8 Å². The van der Waals surface area contributed by atoms with Crippen molar-refractivity contribution in [3.05, 3.63) is 0 Å². The molecule has 0 aromatic carbocycles. The smallest absolute Gasteiger partial charge is 0.409 e. The fraction of sp³-hybridized carbons (Fsp3) is 0.900. The van der Waals surface area contributed by atoms with Gasteiger partial charge in [-0.3, -0.25) is 0 Å². The van der Waals surface area contributed by atoms with Gasteiger partial charge in [-0.2, -0.15) is 0 Å². The predicted octanol–water partition coefficient (Wildman–Crippen LogP) is 1.42. The highest BCUT2D eigenvalue weighted by Gasteiger charge is 2.09. The molecule has 0 spiro atoms. The average molecular weight is 202 g/mol. The van der Waals surface area contributed by atoms with E-state index in [0.29, 0.717) is 19.7 Å². The zero-order chi connectivity index (χ0) is 11.0. The van der Waals surface area contributed by atoms with Crippen LogP contribution in [0.2, 0.25) is 0 Å². The Kier molecular flexibility index (Phi) is 7.20. The molecule has 0 bridgehead atoms. The van der Waals surface area contributed by atoms with Crippen molar-refractivity contribution >= 4 is 6.09 Å². The van der Waals surface area contributed by atoms with Gasteiger partial charge in [-0.1, -0.05) is 6.92 Å². The monoisotopic (exact) mass is 202 g/mol. The molecule has 0 radical (unpaired) electrons. The molecule has 0 N–H and O–H groups in total. The minimum absolute atomic E-state index is 0.209. The largest absolute Gasteiger partial charge is 0.448 e. The van der Waals surface area contributed by atoms with Gasteiger partial charge >= 0.3 is 6.09 Å². The minimum atomic E-state index is -0.209. The summed E-state index contributed by atoms with van der Waals surface area (Å²) in [5.41, 5.74) is 0. The molecule has 0 aliphatic carbocycles. The molecule has 1 amide bonds. The van der Waals surface area contributed by atoms with Crippen LogP contribution in [0.1, 0.15) is 20.8 Å². The van der Waals surface area contributed by atoms with E-state index in [2.05, 4.69) is 11.8 Å². The molecule has 0 unspecified atom stereocenters. The molecule has 0 atom stereocenters. The first-order valence-electron chi connectivity index (χ1n) is 5.25. The second-order valence-corrected chi connectivity index (χ2v) is 3.18. The van der Waals surface area contributed by atoms with Crippen LogP contribution in [0.3, 0.4) is 0 Å². The number of nitrogens with zero attached hydrogens (tertiary/aromatic N) is 2. The third-order valence-electron chi connectivity index (χ3n) is 2.26. The van der Waals surface area contributed by atoms with Gasteiger partial charge in [0.25, 0.3) is 0 Å². The highest BCUT2D eigenvalue weighted by atomic mass is 16.6. The van der Waals surface area contributed by atoms with E-state index >= 15 is 0 Å². The topological polar surface area (TPSA) is 32.8 Å². The highest BCUT2D eigenvalue weighted by molar-refractivity contribution is 5.67. The second kappa shape index (κ2) is 7.62. The lowest BCUT2D eigenvalue weighted by Crippen LogP contribution is -2.33. The number of ether oxygens (including phenoxy) is 1. The first-order valence-corrected chi connectivity index (χ1v) is 5.25. The zero-order valence-electron chi connectivity index (χ0n) is 9.75. The van der Waals surface area contributed by atoms with Crippen LogP contribution in [-0.4, -0.2) is 55.7 Å². The Balaban J connectivity index is 3.62. The number of carbonyl (C=O) groups excluding carboxylic acids is 1. The second-order valence-electron chi connectivity index (χ2n) is 3.18. The molecule has 0 rings (SSSR count). The Morgan fingerprint density at radius 3 is 2.14 bits per heavy atom. The Morgan fingerprint density at radius 1 is 1.14 bits per heavy atom. The molecule has 4 heteroatoms. The zero-order valence-corrected chi connectivity index (χ0v) is 9.75. The lowest BCUT2D eigenvalue weighted by atomic mass is 10.5. The number of rotatable bonds is 6. The highest BCUT2D eigenvalue weighted by Crippen LogP contribution is 1.93. The van der Waals surface area contributed by atoms with E-state index in [1.54, 1.807) is 4.90 Å². The van der Waals surface area contributed by atoms with Gasteiger partial charge < -0.3 is 14.5 Å². The van der Waals surface area contributed by atoms with Crippen LogP contribution < -0.4 is 0 Å². The van der Waals surface area contributed by atoms with E-state index in [0.717, 1.165) is 13.1 Å². The quantitative estimate of drug-likeness (QED) is 0.653. The van der Waals surface area contributed by atoms with E-state index in [1.807, 2.05) is 20.9 Å². The summed E-state index contributed by atoms with van der Waals surface area (Å²) >= 11 is 0. The fourth-order valence-corrected chi connectivity index (χ4v) is 1.02. The van der Waals surface area contributed by atoms with Crippen LogP contribution in [0.15, 0.2) is 0 Å². The average Bonchev–Trinajstić information content (AvgIpc) is 2.19. The number of hydrogen-bond acceptors (Lipinski definition) is 3. The van der Waals surface area contributed by atoms with Gasteiger partial charge in [0.05, 0.1) is 0 Å². The minimum Gasteiger partial charge on any atom is -0.448 e. The number of likely N-dealkylation sites (N-methyl/N-ethyl adjacent to an activating group) is 1. The van der Waals surface area contributed by atoms with Crippen molar-refractivity contribution in [3.8, 4) is 0 Å². The molecule has 14 heavy (non-hydrogen) atoms. The molecule has 0 aromatic rings. The summed E-state index contributed by atoms with van der Waals surface area (Å²) in [5, 5.41) is 0. The van der Waals surface area contributed by atoms with Crippen molar-refractivity contribution in [3.63, 3.8) is 0 Å². The van der Waals surface area contributed by atoms with Crippen LogP contribution >= 0.6 is 0 Å². The van der Waals surface area contributed by atoms with Crippen molar-refractivity contribution in [2.24, 2.45) is 0 Å². The maximum Gasteiger partial charge on any atom is 0.409 e. The summed E-state index contributed by atoms with van der Waals surface area (Å²) in [6, 6.07) is 0. The Morgan fingerprint density at radius 2 is 1.71 bits per heavy atom. The van der Waals surface area contributed by atoms with Crippen LogP contribution in [0.25, 0.3) is 0 Å². The first kappa shape index (κ1) is 13.2. The third-order valence-corrected chi connectivity index (χ3v) is 2.26. The molecular formula is C10H22N2O2. The molecule has 0 aromatic heterocycles. The molecule has 0 saturated heterocycles. The SMILES string of the molecule is CCN(C)CCOC(=O)N(CC)CC. The maximum absolute atomic E-state index is 11.4. The summed E-state index contributed by atoms with van der Waals surface area (Å²) in [6.45, 7) is 9.63. The first-order chi connectivity index (χ1) is 6.65. The van der Waals surface area contributed by atoms with Crippen LogP contribution in [0, 0.1) is 0 Å². The summed E-state index contributed by atoms with van der Waals surface area (Å²) < 4.78 is 5.10. The van der Waals surface area contributed by atoms with E-state index in [1.165, 1.54) is 0 Å². The Hall–Kier alpha value is -0.770. The molecule has 0 saturated carbocycles. The van der Waals surface area contributed by atoms with Crippen molar-refractivity contribution in [1.29, 1.82) is 0 Å². The van der Waals surface area contributed by atoms with Crippen molar-refractivity contribution in [1.82, 2.24) is 9.80 Å². The maximum atomic E-state index is 11.4. The molecule has 0 heterocycles. The fourth-order valence-electron chi connectivity index (χ4n) is 1.02. The summed E-state index contributed by atoms with van der Waals surface area (Å²) in [7, 11) is 2.01. The lowest BCUT2D eigenvalue weighted by molar-refractivity contribution is 0.0975. The van der Waals surface area contributed by atoms with E-state index in [4.69, 9.17) is 4.74 Å². The lowest BCUT2D eigenvalue weighted by Gasteiger charge is -2.19. The molecule has 0 aliphatic rings. The van der Waals surface area contributed by atoms with Gasteiger partial charge in [-0.05, 0) is 27.4 Å². The summed E-state index contributed by atoms with van der Waals surface area (Å²) in [5.74, 6) is 0. The van der Waals surface area contributed by atoms with Gasteiger partial charge in [0, 0.05) is 19.6 Å². The number of carbonyl (C=O) groups is 1. The van der Waals surface area contributed by atoms with Gasteiger partial charge in [0.1, 0.15) is 6.61 Å². The normalized spacial score (nSPS) is 10.4. The molecule has 4 nitrogen and oxygen atoms in total. The predicted molar refractivity (Wildman–Crippen MR) is 57.4 cm³/mol. The van der Waals surface area contributed by atoms with Crippen molar-refractivity contribution in [2.45, 2.75) is 20.8 Å². The van der Waals surface area contributed by atoms with Gasteiger partial charge in [-0.25, -0.2) is 4.79 Å². The van der Waals surface area contributed by atoms with Crippen LogP contribution in [0.5, 0.6) is 0 Å². The van der Waals surface area contributed by atoms with Gasteiger partial charge in [-0.15, -0.1) is 0 Å². The molecule has 84 valence electrons. The van der Waals surface area contributed by atoms with Gasteiger partial charge in [0.15, 0.2) is 0 Å². The summed E-state index contributed by atoms with van der Waals surface area (Å²) in [6.07, 6.45) is -0.209. The number of hydrogen-bond donors (Lipinski definition) is 0. The molecular weight excluding hydrogens is 180 g/mol. The summed E-state index contributed by atoms with van der Waals surface area (Å²) in [4.78, 5) is 15.1. The van der Waals surface area contributed by atoms with E-state index in [9.17, 15) is 4.79 Å². The number of amides is 1. The van der Waals surface area contributed by atoms with Crippen LogP contribution in [0.4, 0.5) is 4.79 Å². The van der Waals surface area contributed by atoms with E-state index < -0.39 is 0 Å². The van der Waals surface area contributed by atoms with Gasteiger partial charge in [0.2, 0.25) is 0 Å². The van der Waals surface area contributed by atoms with Crippen molar-refractivity contribution in [2.75, 3.05) is 39.8 Å². The molecule has 0 fully saturated rings. The standard InChI is InChI=1S/C10H22N2O2/c1-5-11(4)8-9-14-10(13)12(6-2)7-3/h5-9H2,1-4H3. The Bertz CT molecular complexity index is 158. The van der Waals surface area contributed by atoms with Crippen molar-refractivity contribution < 1.29 is 9.53 Å². The molecule has 0 aliphatic heterocycles. The third kappa shape index (κ3) is 5.07. The van der Waals surface area contributed by atoms with E-state index in [-0.39, 0.29) is 6.09 Å².